The van der Waals surface area contributed by atoms with E-state index in [2.05, 4.69) is 4.98 Å². The number of nitrogen functional groups attached to an aromatic ring is 1. The molecule has 1 heterocycles. The lowest BCUT2D eigenvalue weighted by Gasteiger charge is -2.07. The number of carboxylic acids is 1. The fourth-order valence-electron chi connectivity index (χ4n) is 1.02. The van der Waals surface area contributed by atoms with Crippen LogP contribution in [0, 0.1) is 0 Å². The van der Waals surface area contributed by atoms with Gasteiger partial charge in [-0.15, -0.1) is 0 Å². The summed E-state index contributed by atoms with van der Waals surface area (Å²) in [6.07, 6.45) is 3.18. The van der Waals surface area contributed by atoms with Crippen LogP contribution in [0.4, 0.5) is 5.69 Å². The molecule has 82 valence electrons. The first-order valence-electron chi connectivity index (χ1n) is 4.76. The molecule has 0 bridgehead atoms. The maximum atomic E-state index is 10.6. The minimum absolute atomic E-state index is 0.0651. The molecule has 3 N–H and O–H groups in total. The first kappa shape index (κ1) is 11.3. The summed E-state index contributed by atoms with van der Waals surface area (Å²) in [5.41, 5.74) is 5.91. The fourth-order valence-corrected chi connectivity index (χ4v) is 1.02. The molecule has 0 aliphatic carbocycles. The van der Waals surface area contributed by atoms with Crippen LogP contribution in [0.2, 0.25) is 0 Å². The van der Waals surface area contributed by atoms with Crippen LogP contribution >= 0.6 is 0 Å². The molecule has 0 atom stereocenters. The number of hydrogen-bond acceptors (Lipinski definition) is 4. The molecule has 0 fully saturated rings. The molecule has 0 saturated carbocycles. The molecule has 0 amide bonds. The Labute approximate surface area is 87.9 Å². The van der Waals surface area contributed by atoms with Crippen LogP contribution in [-0.2, 0) is 0 Å². The SMILES string of the molecule is CCCCOc1ncc(C(=O)O)cc1N. The number of rotatable bonds is 5. The third-order valence-electron chi connectivity index (χ3n) is 1.86. The van der Waals surface area contributed by atoms with Crippen molar-refractivity contribution in [2.75, 3.05) is 12.3 Å². The number of hydrogen-bond donors (Lipinski definition) is 2. The summed E-state index contributed by atoms with van der Waals surface area (Å²) in [6, 6.07) is 1.34. The van der Waals surface area contributed by atoms with Gasteiger partial charge in [0.2, 0.25) is 5.88 Å². The summed E-state index contributed by atoms with van der Waals surface area (Å²) < 4.78 is 5.28. The van der Waals surface area contributed by atoms with Gasteiger partial charge >= 0.3 is 5.97 Å². The molecule has 5 nitrogen and oxygen atoms in total. The van der Waals surface area contributed by atoms with E-state index in [1.807, 2.05) is 6.92 Å². The molecule has 1 aromatic heterocycles. The molecule has 0 aliphatic heterocycles. The highest BCUT2D eigenvalue weighted by Crippen LogP contribution is 2.19. The summed E-state index contributed by atoms with van der Waals surface area (Å²) >= 11 is 0. The number of nitrogens with zero attached hydrogens (tertiary/aromatic N) is 1. The Morgan fingerprint density at radius 3 is 2.93 bits per heavy atom. The van der Waals surface area contributed by atoms with Crippen molar-refractivity contribution in [1.29, 1.82) is 0 Å². The van der Waals surface area contributed by atoms with Gasteiger partial charge in [0.25, 0.3) is 0 Å². The summed E-state index contributed by atoms with van der Waals surface area (Å²) in [7, 11) is 0. The fraction of sp³-hybridized carbons (Fsp3) is 0.400. The molecule has 5 heteroatoms. The molecule has 0 saturated heterocycles. The molecule has 1 rings (SSSR count). The van der Waals surface area contributed by atoms with E-state index in [1.165, 1.54) is 12.3 Å². The quantitative estimate of drug-likeness (QED) is 0.720. The van der Waals surface area contributed by atoms with E-state index in [-0.39, 0.29) is 11.3 Å². The highest BCUT2D eigenvalue weighted by atomic mass is 16.5. The van der Waals surface area contributed by atoms with Gasteiger partial charge in [-0.05, 0) is 12.5 Å². The summed E-state index contributed by atoms with van der Waals surface area (Å²) in [5.74, 6) is -0.747. The number of ether oxygens (including phenoxy) is 1. The van der Waals surface area contributed by atoms with Gasteiger partial charge in [-0.2, -0.15) is 0 Å². The zero-order valence-electron chi connectivity index (χ0n) is 8.56. The van der Waals surface area contributed by atoms with Crippen LogP contribution in [0.25, 0.3) is 0 Å². The van der Waals surface area contributed by atoms with Crippen molar-refractivity contribution < 1.29 is 14.6 Å². The lowest BCUT2D eigenvalue weighted by molar-refractivity contribution is 0.0696. The minimum atomic E-state index is -1.05. The number of carbonyl (C=O) groups is 1. The second-order valence-electron chi connectivity index (χ2n) is 3.13. The van der Waals surface area contributed by atoms with E-state index >= 15 is 0 Å². The van der Waals surface area contributed by atoms with Crippen molar-refractivity contribution >= 4 is 11.7 Å². The van der Waals surface area contributed by atoms with E-state index in [1.54, 1.807) is 0 Å². The zero-order chi connectivity index (χ0) is 11.3. The molecule has 0 aromatic carbocycles. The molecule has 15 heavy (non-hydrogen) atoms. The van der Waals surface area contributed by atoms with Gasteiger partial charge in [0.05, 0.1) is 17.9 Å². The number of aromatic carboxylic acids is 1. The largest absolute Gasteiger partial charge is 0.478 e. The molecule has 0 aliphatic rings. The van der Waals surface area contributed by atoms with Gasteiger partial charge < -0.3 is 15.6 Å². The Hall–Kier alpha value is -1.78. The van der Waals surface area contributed by atoms with Gasteiger partial charge in [0, 0.05) is 6.20 Å². The van der Waals surface area contributed by atoms with Crippen LogP contribution in [0.15, 0.2) is 12.3 Å². The van der Waals surface area contributed by atoms with E-state index < -0.39 is 5.97 Å². The topological polar surface area (TPSA) is 85.4 Å². The molecule has 0 spiro atoms. The number of nitrogens with two attached hydrogens (primary N) is 1. The van der Waals surface area contributed by atoms with Crippen LogP contribution in [-0.4, -0.2) is 22.7 Å². The average Bonchev–Trinajstić information content (AvgIpc) is 2.20. The predicted octanol–water partition coefficient (Wildman–Crippen LogP) is 1.54. The van der Waals surface area contributed by atoms with E-state index in [4.69, 9.17) is 15.6 Å². The van der Waals surface area contributed by atoms with Crippen LogP contribution in [0.3, 0.4) is 0 Å². The number of pyridine rings is 1. The second-order valence-corrected chi connectivity index (χ2v) is 3.13. The highest BCUT2D eigenvalue weighted by molar-refractivity contribution is 5.88. The molecular formula is C10H14N2O3. The number of unbranched alkanes of at least 4 members (excludes halogenated alkanes) is 1. The molecule has 0 radical (unpaired) electrons. The van der Waals surface area contributed by atoms with E-state index in [0.29, 0.717) is 12.5 Å². The van der Waals surface area contributed by atoms with Gasteiger partial charge in [0.1, 0.15) is 0 Å². The van der Waals surface area contributed by atoms with Crippen molar-refractivity contribution in [3.63, 3.8) is 0 Å². The normalized spacial score (nSPS) is 9.93. The number of anilines is 1. The maximum absolute atomic E-state index is 10.6. The van der Waals surface area contributed by atoms with Gasteiger partial charge in [-0.3, -0.25) is 0 Å². The molecule has 0 unspecified atom stereocenters. The minimum Gasteiger partial charge on any atom is -0.478 e. The Morgan fingerprint density at radius 2 is 2.40 bits per heavy atom. The number of carboxylic acid groups (broad SMARTS) is 1. The van der Waals surface area contributed by atoms with Crippen molar-refractivity contribution in [2.24, 2.45) is 0 Å². The monoisotopic (exact) mass is 210 g/mol. The van der Waals surface area contributed by atoms with Crippen molar-refractivity contribution in [1.82, 2.24) is 4.98 Å². The summed E-state index contributed by atoms with van der Waals surface area (Å²) in [5, 5.41) is 8.68. The summed E-state index contributed by atoms with van der Waals surface area (Å²) in [4.78, 5) is 14.4. The first-order valence-corrected chi connectivity index (χ1v) is 4.76. The molecular weight excluding hydrogens is 196 g/mol. The Bertz CT molecular complexity index is 353. The standard InChI is InChI=1S/C10H14N2O3/c1-2-3-4-15-9-8(11)5-7(6-12-9)10(13)14/h5-6H,2-4,11H2,1H3,(H,13,14). The Balaban J connectivity index is 2.70. The van der Waals surface area contributed by atoms with Gasteiger partial charge in [0.15, 0.2) is 0 Å². The lowest BCUT2D eigenvalue weighted by Crippen LogP contribution is -2.05. The van der Waals surface area contributed by atoms with Crippen LogP contribution in [0.1, 0.15) is 30.1 Å². The maximum Gasteiger partial charge on any atom is 0.337 e. The third-order valence-corrected chi connectivity index (χ3v) is 1.86. The van der Waals surface area contributed by atoms with E-state index in [0.717, 1.165) is 12.8 Å². The zero-order valence-corrected chi connectivity index (χ0v) is 8.56. The smallest absolute Gasteiger partial charge is 0.337 e. The van der Waals surface area contributed by atoms with Crippen LogP contribution in [0.5, 0.6) is 5.88 Å². The number of aromatic nitrogens is 1. The van der Waals surface area contributed by atoms with Crippen molar-refractivity contribution in [3.8, 4) is 5.88 Å². The Kier molecular flexibility index (Phi) is 3.91. The lowest BCUT2D eigenvalue weighted by atomic mass is 10.2. The third kappa shape index (κ3) is 3.12. The van der Waals surface area contributed by atoms with Crippen molar-refractivity contribution in [2.45, 2.75) is 19.8 Å². The van der Waals surface area contributed by atoms with Crippen molar-refractivity contribution in [3.05, 3.63) is 17.8 Å². The first-order chi connectivity index (χ1) is 7.15. The predicted molar refractivity (Wildman–Crippen MR) is 56.0 cm³/mol. The highest BCUT2D eigenvalue weighted by Gasteiger charge is 2.08. The second kappa shape index (κ2) is 5.19. The molecule has 1 aromatic rings. The Morgan fingerprint density at radius 1 is 1.67 bits per heavy atom. The summed E-state index contributed by atoms with van der Waals surface area (Å²) in [6.45, 7) is 2.59. The van der Waals surface area contributed by atoms with Gasteiger partial charge in [-0.1, -0.05) is 13.3 Å². The van der Waals surface area contributed by atoms with E-state index in [9.17, 15) is 4.79 Å². The van der Waals surface area contributed by atoms with Gasteiger partial charge in [-0.25, -0.2) is 9.78 Å². The average molecular weight is 210 g/mol. The van der Waals surface area contributed by atoms with Crippen LogP contribution < -0.4 is 10.5 Å².